The predicted octanol–water partition coefficient (Wildman–Crippen LogP) is 1.87. The van der Waals surface area contributed by atoms with Crippen LogP contribution in [0.3, 0.4) is 0 Å². The minimum Gasteiger partial charge on any atom is -0.495 e. The van der Waals surface area contributed by atoms with Crippen molar-refractivity contribution >= 4 is 10.0 Å². The highest BCUT2D eigenvalue weighted by atomic mass is 32.2. The highest BCUT2D eigenvalue weighted by molar-refractivity contribution is 7.89. The number of hydrogen-bond acceptors (Lipinski definition) is 4. The van der Waals surface area contributed by atoms with Crippen molar-refractivity contribution in [1.82, 2.24) is 4.72 Å². The van der Waals surface area contributed by atoms with Crippen LogP contribution in [0, 0.1) is 0 Å². The number of rotatable bonds is 7. The first-order valence-corrected chi connectivity index (χ1v) is 8.15. The van der Waals surface area contributed by atoms with Crippen molar-refractivity contribution in [2.75, 3.05) is 13.7 Å². The van der Waals surface area contributed by atoms with Crippen molar-refractivity contribution < 1.29 is 18.3 Å². The number of methoxy groups -OCH3 is 1. The minimum absolute atomic E-state index is 0.109. The molecule has 1 aromatic carbocycles. The van der Waals surface area contributed by atoms with Gasteiger partial charge in [-0.25, -0.2) is 13.1 Å². The van der Waals surface area contributed by atoms with E-state index in [1.807, 2.05) is 26.8 Å². The van der Waals surface area contributed by atoms with Crippen LogP contribution in [-0.2, 0) is 10.0 Å². The normalized spacial score (nSPS) is 13.5. The first-order valence-electron chi connectivity index (χ1n) is 6.66. The van der Waals surface area contributed by atoms with Gasteiger partial charge in [-0.15, -0.1) is 0 Å². The van der Waals surface area contributed by atoms with Gasteiger partial charge in [0.2, 0.25) is 10.0 Å². The SMILES string of the molecule is CC[C@@H](CO)NS(=O)(=O)c1cc(C(C)C)ccc1OC. The summed E-state index contributed by atoms with van der Waals surface area (Å²) in [6.45, 7) is 5.56. The Balaban J connectivity index is 3.24. The van der Waals surface area contributed by atoms with Crippen LogP contribution < -0.4 is 9.46 Å². The molecule has 0 unspecified atom stereocenters. The van der Waals surface area contributed by atoms with Crippen molar-refractivity contribution in [2.24, 2.45) is 0 Å². The van der Waals surface area contributed by atoms with Crippen molar-refractivity contribution in [3.05, 3.63) is 23.8 Å². The van der Waals surface area contributed by atoms with Gasteiger partial charge in [-0.05, 0) is 30.0 Å². The van der Waals surface area contributed by atoms with E-state index in [0.29, 0.717) is 12.2 Å². The molecule has 0 aliphatic heterocycles. The zero-order valence-corrected chi connectivity index (χ0v) is 13.2. The zero-order valence-electron chi connectivity index (χ0n) is 12.4. The quantitative estimate of drug-likeness (QED) is 0.806. The van der Waals surface area contributed by atoms with Gasteiger partial charge in [0.1, 0.15) is 10.6 Å². The van der Waals surface area contributed by atoms with Crippen LogP contribution in [0.4, 0.5) is 0 Å². The standard InChI is InChI=1S/C14H23NO4S/c1-5-12(9-16)15-20(17,18)14-8-11(10(2)3)6-7-13(14)19-4/h6-8,10,12,15-16H,5,9H2,1-4H3/t12-/m0/s1. The van der Waals surface area contributed by atoms with Gasteiger partial charge < -0.3 is 9.84 Å². The topological polar surface area (TPSA) is 75.6 Å². The zero-order chi connectivity index (χ0) is 15.3. The van der Waals surface area contributed by atoms with Gasteiger partial charge in [0.05, 0.1) is 13.7 Å². The van der Waals surface area contributed by atoms with Crippen LogP contribution in [0.2, 0.25) is 0 Å². The van der Waals surface area contributed by atoms with Gasteiger partial charge in [-0.1, -0.05) is 26.8 Å². The fourth-order valence-electron chi connectivity index (χ4n) is 1.80. The Morgan fingerprint density at radius 2 is 2.00 bits per heavy atom. The number of aliphatic hydroxyl groups excluding tert-OH is 1. The fourth-order valence-corrected chi connectivity index (χ4v) is 3.31. The Kier molecular flexibility index (Phi) is 5.98. The summed E-state index contributed by atoms with van der Waals surface area (Å²) in [6.07, 6.45) is 0.516. The monoisotopic (exact) mass is 301 g/mol. The Morgan fingerprint density at radius 3 is 2.45 bits per heavy atom. The summed E-state index contributed by atoms with van der Waals surface area (Å²) in [5.74, 6) is 0.518. The lowest BCUT2D eigenvalue weighted by Gasteiger charge is -2.17. The van der Waals surface area contributed by atoms with Crippen LogP contribution in [0.5, 0.6) is 5.75 Å². The third kappa shape index (κ3) is 3.94. The molecule has 0 aromatic heterocycles. The molecule has 114 valence electrons. The van der Waals surface area contributed by atoms with E-state index in [-0.39, 0.29) is 17.4 Å². The lowest BCUT2D eigenvalue weighted by molar-refractivity contribution is 0.253. The summed E-state index contributed by atoms with van der Waals surface area (Å²) in [6, 6.07) is 4.64. The minimum atomic E-state index is -3.72. The molecule has 0 spiro atoms. The molecule has 1 aromatic rings. The predicted molar refractivity (Wildman–Crippen MR) is 78.6 cm³/mol. The third-order valence-electron chi connectivity index (χ3n) is 3.18. The molecule has 2 N–H and O–H groups in total. The van der Waals surface area contributed by atoms with Crippen LogP contribution >= 0.6 is 0 Å². The Labute approximate surface area is 121 Å². The van der Waals surface area contributed by atoms with E-state index in [1.165, 1.54) is 7.11 Å². The van der Waals surface area contributed by atoms with Crippen molar-refractivity contribution in [2.45, 2.75) is 44.0 Å². The van der Waals surface area contributed by atoms with E-state index in [4.69, 9.17) is 9.84 Å². The van der Waals surface area contributed by atoms with E-state index in [0.717, 1.165) is 5.56 Å². The van der Waals surface area contributed by atoms with Crippen LogP contribution in [0.15, 0.2) is 23.1 Å². The van der Waals surface area contributed by atoms with E-state index in [1.54, 1.807) is 12.1 Å². The summed E-state index contributed by atoms with van der Waals surface area (Å²) >= 11 is 0. The van der Waals surface area contributed by atoms with Gasteiger partial charge in [-0.3, -0.25) is 0 Å². The number of aliphatic hydroxyl groups is 1. The highest BCUT2D eigenvalue weighted by Crippen LogP contribution is 2.28. The van der Waals surface area contributed by atoms with E-state index in [9.17, 15) is 8.42 Å². The number of nitrogens with one attached hydrogen (secondary N) is 1. The second-order valence-electron chi connectivity index (χ2n) is 4.97. The second-order valence-corrected chi connectivity index (χ2v) is 6.66. The molecule has 0 aliphatic rings. The number of benzene rings is 1. The molecule has 0 saturated carbocycles. The number of hydrogen-bond donors (Lipinski definition) is 2. The van der Waals surface area contributed by atoms with Crippen molar-refractivity contribution in [3.8, 4) is 5.75 Å². The van der Waals surface area contributed by atoms with Gasteiger partial charge in [0, 0.05) is 6.04 Å². The summed E-state index contributed by atoms with van der Waals surface area (Å²) in [5, 5.41) is 9.15. The van der Waals surface area contributed by atoms with Gasteiger partial charge >= 0.3 is 0 Å². The molecule has 1 rings (SSSR count). The van der Waals surface area contributed by atoms with Crippen molar-refractivity contribution in [1.29, 1.82) is 0 Å². The summed E-state index contributed by atoms with van der Waals surface area (Å²) in [7, 11) is -2.28. The molecule has 5 nitrogen and oxygen atoms in total. The molecule has 0 radical (unpaired) electrons. The van der Waals surface area contributed by atoms with E-state index < -0.39 is 16.1 Å². The Morgan fingerprint density at radius 1 is 1.35 bits per heavy atom. The number of ether oxygens (including phenoxy) is 1. The molecular weight excluding hydrogens is 278 g/mol. The molecule has 0 aliphatic carbocycles. The van der Waals surface area contributed by atoms with Gasteiger partial charge in [-0.2, -0.15) is 0 Å². The maximum atomic E-state index is 12.4. The Hall–Kier alpha value is -1.11. The molecule has 20 heavy (non-hydrogen) atoms. The fraction of sp³-hybridized carbons (Fsp3) is 0.571. The highest BCUT2D eigenvalue weighted by Gasteiger charge is 2.23. The molecule has 6 heteroatoms. The molecule has 0 heterocycles. The maximum absolute atomic E-state index is 12.4. The average molecular weight is 301 g/mol. The van der Waals surface area contributed by atoms with Crippen molar-refractivity contribution in [3.63, 3.8) is 0 Å². The first-order chi connectivity index (χ1) is 9.35. The van der Waals surface area contributed by atoms with Gasteiger partial charge in [0.25, 0.3) is 0 Å². The summed E-state index contributed by atoms with van der Waals surface area (Å²) in [4.78, 5) is 0.109. The molecule has 1 atom stereocenters. The summed E-state index contributed by atoms with van der Waals surface area (Å²) in [5.41, 5.74) is 0.920. The second kappa shape index (κ2) is 7.06. The largest absolute Gasteiger partial charge is 0.495 e. The molecular formula is C14H23NO4S. The Bertz CT molecular complexity index is 536. The third-order valence-corrected chi connectivity index (χ3v) is 4.72. The smallest absolute Gasteiger partial charge is 0.244 e. The van der Waals surface area contributed by atoms with Gasteiger partial charge in [0.15, 0.2) is 0 Å². The first kappa shape index (κ1) is 16.9. The van der Waals surface area contributed by atoms with E-state index in [2.05, 4.69) is 4.72 Å². The summed E-state index contributed by atoms with van der Waals surface area (Å²) < 4.78 is 32.5. The number of sulfonamides is 1. The molecule has 0 amide bonds. The lowest BCUT2D eigenvalue weighted by Crippen LogP contribution is -2.37. The van der Waals surface area contributed by atoms with Crippen LogP contribution in [-0.4, -0.2) is 33.3 Å². The molecule has 0 fully saturated rings. The molecule has 0 bridgehead atoms. The van der Waals surface area contributed by atoms with Crippen LogP contribution in [0.25, 0.3) is 0 Å². The molecule has 0 saturated heterocycles. The van der Waals surface area contributed by atoms with Crippen LogP contribution in [0.1, 0.15) is 38.7 Å². The average Bonchev–Trinajstić information content (AvgIpc) is 2.43. The van der Waals surface area contributed by atoms with E-state index >= 15 is 0 Å². The lowest BCUT2D eigenvalue weighted by atomic mass is 10.0. The maximum Gasteiger partial charge on any atom is 0.244 e.